The molecule has 122 valence electrons. The van der Waals surface area contributed by atoms with Gasteiger partial charge in [-0.25, -0.2) is 0 Å². The molecule has 1 fully saturated rings. The van der Waals surface area contributed by atoms with Crippen molar-refractivity contribution in [3.63, 3.8) is 0 Å². The summed E-state index contributed by atoms with van der Waals surface area (Å²) in [4.78, 5) is 6.60. The molecular formula is C18H25N5. The molecule has 2 aromatic rings. The fraction of sp³-hybridized carbons (Fsp3) is 0.500. The number of rotatable bonds is 5. The molecule has 0 unspecified atom stereocenters. The van der Waals surface area contributed by atoms with Crippen molar-refractivity contribution < 1.29 is 0 Å². The van der Waals surface area contributed by atoms with Crippen molar-refractivity contribution >= 4 is 5.82 Å². The van der Waals surface area contributed by atoms with E-state index in [9.17, 15) is 0 Å². The minimum atomic E-state index is 0.0540. The van der Waals surface area contributed by atoms with Crippen LogP contribution in [0.1, 0.15) is 32.2 Å². The molecule has 0 radical (unpaired) electrons. The van der Waals surface area contributed by atoms with E-state index in [1.54, 1.807) is 0 Å². The molecule has 0 aromatic carbocycles. The van der Waals surface area contributed by atoms with Gasteiger partial charge in [-0.2, -0.15) is 5.10 Å². The van der Waals surface area contributed by atoms with Crippen molar-refractivity contribution in [1.82, 2.24) is 20.5 Å². The molecule has 0 saturated carbocycles. The Balaban J connectivity index is 1.42. The Morgan fingerprint density at radius 1 is 1.13 bits per heavy atom. The van der Waals surface area contributed by atoms with Gasteiger partial charge < -0.3 is 10.2 Å². The van der Waals surface area contributed by atoms with Crippen molar-refractivity contribution in [3.8, 4) is 0 Å². The molecule has 0 atom stereocenters. The van der Waals surface area contributed by atoms with Gasteiger partial charge in [0.2, 0.25) is 0 Å². The molecule has 3 heterocycles. The number of hydrogen-bond acceptors (Lipinski definition) is 5. The Hall–Kier alpha value is -2.01. The molecule has 0 amide bonds. The molecule has 0 spiro atoms. The van der Waals surface area contributed by atoms with Crippen molar-refractivity contribution in [1.29, 1.82) is 0 Å². The van der Waals surface area contributed by atoms with Crippen LogP contribution in [0.5, 0.6) is 0 Å². The van der Waals surface area contributed by atoms with Crippen LogP contribution >= 0.6 is 0 Å². The fourth-order valence-electron chi connectivity index (χ4n) is 2.69. The van der Waals surface area contributed by atoms with E-state index < -0.39 is 0 Å². The zero-order valence-electron chi connectivity index (χ0n) is 14.2. The van der Waals surface area contributed by atoms with Gasteiger partial charge in [0.15, 0.2) is 5.82 Å². The minimum absolute atomic E-state index is 0.0540. The average Bonchev–Trinajstić information content (AvgIpc) is 2.50. The molecule has 0 bridgehead atoms. The van der Waals surface area contributed by atoms with Crippen LogP contribution in [0.25, 0.3) is 0 Å². The Labute approximate surface area is 138 Å². The van der Waals surface area contributed by atoms with E-state index in [1.165, 1.54) is 0 Å². The Kier molecular flexibility index (Phi) is 4.57. The van der Waals surface area contributed by atoms with Gasteiger partial charge in [0, 0.05) is 43.7 Å². The third kappa shape index (κ3) is 4.05. The van der Waals surface area contributed by atoms with E-state index in [0.717, 1.165) is 43.4 Å². The smallest absolute Gasteiger partial charge is 0.151 e. The largest absolute Gasteiger partial charge is 0.354 e. The first kappa shape index (κ1) is 15.9. The summed E-state index contributed by atoms with van der Waals surface area (Å²) in [5.74, 6) is 1.65. The van der Waals surface area contributed by atoms with Gasteiger partial charge in [0.1, 0.15) is 0 Å². The van der Waals surface area contributed by atoms with Crippen LogP contribution in [0.15, 0.2) is 36.5 Å². The molecule has 2 aromatic heterocycles. The zero-order chi connectivity index (χ0) is 16.3. The maximum atomic E-state index is 4.37. The standard InChI is InChI=1S/C18H25N5/c1-18(2,3)16-7-8-17(22-21-16)23-12-14(13-23)10-19-11-15-6-4-5-9-20-15/h4-9,14,19H,10-13H2,1-3H3. The van der Waals surface area contributed by atoms with E-state index in [2.05, 4.69) is 58.3 Å². The van der Waals surface area contributed by atoms with Gasteiger partial charge in [0.05, 0.1) is 11.4 Å². The van der Waals surface area contributed by atoms with Crippen LogP contribution in [-0.4, -0.2) is 34.8 Å². The Morgan fingerprint density at radius 3 is 2.57 bits per heavy atom. The lowest BCUT2D eigenvalue weighted by atomic mass is 9.92. The lowest BCUT2D eigenvalue weighted by Crippen LogP contribution is -2.51. The van der Waals surface area contributed by atoms with E-state index in [0.29, 0.717) is 5.92 Å². The summed E-state index contributed by atoms with van der Waals surface area (Å²) in [5, 5.41) is 12.2. The van der Waals surface area contributed by atoms with Crippen LogP contribution in [0.4, 0.5) is 5.82 Å². The van der Waals surface area contributed by atoms with E-state index in [4.69, 9.17) is 0 Å². The van der Waals surface area contributed by atoms with Crippen LogP contribution in [0.3, 0.4) is 0 Å². The molecule has 1 saturated heterocycles. The van der Waals surface area contributed by atoms with Gasteiger partial charge in [-0.05, 0) is 24.3 Å². The normalized spacial score (nSPS) is 15.5. The number of hydrogen-bond donors (Lipinski definition) is 1. The molecule has 1 aliphatic heterocycles. The highest BCUT2D eigenvalue weighted by Gasteiger charge is 2.28. The van der Waals surface area contributed by atoms with Crippen LogP contribution in [0, 0.1) is 5.92 Å². The summed E-state index contributed by atoms with van der Waals surface area (Å²) in [6.45, 7) is 10.4. The molecule has 1 N–H and O–H groups in total. The van der Waals surface area contributed by atoms with E-state index in [-0.39, 0.29) is 5.41 Å². The maximum Gasteiger partial charge on any atom is 0.151 e. The monoisotopic (exact) mass is 311 g/mol. The fourth-order valence-corrected chi connectivity index (χ4v) is 2.69. The third-order valence-corrected chi connectivity index (χ3v) is 4.17. The van der Waals surface area contributed by atoms with E-state index in [1.807, 2.05) is 24.4 Å². The Bertz CT molecular complexity index is 612. The van der Waals surface area contributed by atoms with Gasteiger partial charge in [-0.15, -0.1) is 5.10 Å². The number of aromatic nitrogens is 3. The second-order valence-electron chi connectivity index (χ2n) is 7.25. The number of pyridine rings is 1. The lowest BCUT2D eigenvalue weighted by molar-refractivity contribution is 0.380. The van der Waals surface area contributed by atoms with Gasteiger partial charge >= 0.3 is 0 Å². The third-order valence-electron chi connectivity index (χ3n) is 4.17. The summed E-state index contributed by atoms with van der Waals surface area (Å²) in [5.41, 5.74) is 2.18. The van der Waals surface area contributed by atoms with Gasteiger partial charge in [-0.1, -0.05) is 26.8 Å². The van der Waals surface area contributed by atoms with Crippen molar-refractivity contribution in [3.05, 3.63) is 47.9 Å². The highest BCUT2D eigenvalue weighted by Crippen LogP contribution is 2.24. The number of anilines is 1. The maximum absolute atomic E-state index is 4.37. The molecule has 0 aliphatic carbocycles. The summed E-state index contributed by atoms with van der Waals surface area (Å²) < 4.78 is 0. The van der Waals surface area contributed by atoms with Crippen molar-refractivity contribution in [2.75, 3.05) is 24.5 Å². The highest BCUT2D eigenvalue weighted by molar-refractivity contribution is 5.41. The Morgan fingerprint density at radius 2 is 1.96 bits per heavy atom. The number of nitrogens with zero attached hydrogens (tertiary/aromatic N) is 4. The number of nitrogens with one attached hydrogen (secondary N) is 1. The molecular weight excluding hydrogens is 286 g/mol. The minimum Gasteiger partial charge on any atom is -0.354 e. The molecule has 1 aliphatic rings. The quantitative estimate of drug-likeness (QED) is 0.919. The summed E-state index contributed by atoms with van der Waals surface area (Å²) in [6.07, 6.45) is 1.84. The first-order valence-electron chi connectivity index (χ1n) is 8.22. The topological polar surface area (TPSA) is 53.9 Å². The molecule has 5 nitrogen and oxygen atoms in total. The van der Waals surface area contributed by atoms with Gasteiger partial charge in [0.25, 0.3) is 0 Å². The van der Waals surface area contributed by atoms with E-state index >= 15 is 0 Å². The second-order valence-corrected chi connectivity index (χ2v) is 7.25. The zero-order valence-corrected chi connectivity index (χ0v) is 14.2. The molecule has 3 rings (SSSR count). The lowest BCUT2D eigenvalue weighted by Gasteiger charge is -2.40. The summed E-state index contributed by atoms with van der Waals surface area (Å²) in [6, 6.07) is 10.2. The van der Waals surface area contributed by atoms with Crippen LogP contribution in [-0.2, 0) is 12.0 Å². The molecule has 23 heavy (non-hydrogen) atoms. The molecule has 5 heteroatoms. The summed E-state index contributed by atoms with van der Waals surface area (Å²) >= 11 is 0. The van der Waals surface area contributed by atoms with Crippen LogP contribution in [0.2, 0.25) is 0 Å². The van der Waals surface area contributed by atoms with Crippen molar-refractivity contribution in [2.24, 2.45) is 5.92 Å². The highest BCUT2D eigenvalue weighted by atomic mass is 15.3. The SMILES string of the molecule is CC(C)(C)c1ccc(N2CC(CNCc3ccccn3)C2)nn1. The predicted molar refractivity (Wildman–Crippen MR) is 92.4 cm³/mol. The predicted octanol–water partition coefficient (Wildman–Crippen LogP) is 2.40. The summed E-state index contributed by atoms with van der Waals surface area (Å²) in [7, 11) is 0. The second kappa shape index (κ2) is 6.62. The van der Waals surface area contributed by atoms with Crippen molar-refractivity contribution in [2.45, 2.75) is 32.7 Å². The first-order valence-corrected chi connectivity index (χ1v) is 8.22. The van der Waals surface area contributed by atoms with Gasteiger partial charge in [-0.3, -0.25) is 4.98 Å². The first-order chi connectivity index (χ1) is 11.0. The van der Waals surface area contributed by atoms with Crippen LogP contribution < -0.4 is 10.2 Å². The average molecular weight is 311 g/mol.